The lowest BCUT2D eigenvalue weighted by molar-refractivity contribution is 0.151. The first-order chi connectivity index (χ1) is 11.6. The molecule has 0 bridgehead atoms. The Kier molecular flexibility index (Phi) is 4.74. The lowest BCUT2D eigenvalue weighted by atomic mass is 10.1. The number of hydrogen-bond donors (Lipinski definition) is 1. The highest BCUT2D eigenvalue weighted by Gasteiger charge is 2.06. The van der Waals surface area contributed by atoms with Gasteiger partial charge in [-0.1, -0.05) is 24.3 Å². The van der Waals surface area contributed by atoms with Crippen molar-refractivity contribution in [3.05, 3.63) is 77.6 Å². The minimum Gasteiger partial charge on any atom is -0.365 e. The molecule has 1 heterocycles. The number of hydrogen-bond acceptors (Lipinski definition) is 3. The third-order valence-electron chi connectivity index (χ3n) is 3.51. The molecule has 0 radical (unpaired) electrons. The normalized spacial score (nSPS) is 10.8. The van der Waals surface area contributed by atoms with Crippen LogP contribution in [0.25, 0.3) is 11.3 Å². The minimum absolute atomic E-state index is 0.00203. The van der Waals surface area contributed by atoms with Crippen LogP contribution >= 0.6 is 0 Å². The van der Waals surface area contributed by atoms with Gasteiger partial charge in [0.1, 0.15) is 11.6 Å². The molecule has 0 atom stereocenters. The fourth-order valence-corrected chi connectivity index (χ4v) is 2.17. The summed E-state index contributed by atoms with van der Waals surface area (Å²) in [7, 11) is 0. The molecule has 0 amide bonds. The summed E-state index contributed by atoms with van der Waals surface area (Å²) in [5.41, 5.74) is 2.28. The van der Waals surface area contributed by atoms with Gasteiger partial charge in [0.25, 0.3) is 6.43 Å². The van der Waals surface area contributed by atoms with Gasteiger partial charge in [0.15, 0.2) is 0 Å². The van der Waals surface area contributed by atoms with Gasteiger partial charge in [-0.05, 0) is 42.0 Å². The molecule has 0 spiro atoms. The molecule has 0 unspecified atom stereocenters. The van der Waals surface area contributed by atoms with E-state index in [4.69, 9.17) is 0 Å². The quantitative estimate of drug-likeness (QED) is 0.728. The van der Waals surface area contributed by atoms with E-state index < -0.39 is 6.43 Å². The number of benzene rings is 2. The summed E-state index contributed by atoms with van der Waals surface area (Å²) in [6, 6.07) is 15.7. The maximum atomic E-state index is 12.9. The second-order valence-corrected chi connectivity index (χ2v) is 5.21. The predicted molar refractivity (Wildman–Crippen MR) is 86.2 cm³/mol. The summed E-state index contributed by atoms with van der Waals surface area (Å²) in [5, 5.41) is 11.2. The average molecular weight is 329 g/mol. The first kappa shape index (κ1) is 16.0. The van der Waals surface area contributed by atoms with Crippen molar-refractivity contribution in [1.82, 2.24) is 10.2 Å². The SMILES string of the molecule is Fc1ccc(-c2ccc(NCc3ccc(C(F)F)cc3)nn2)cc1. The molecule has 0 aliphatic carbocycles. The molecule has 1 aromatic heterocycles. The predicted octanol–water partition coefficient (Wildman–Crippen LogP) is 4.83. The van der Waals surface area contributed by atoms with Crippen molar-refractivity contribution >= 4 is 5.82 Å². The van der Waals surface area contributed by atoms with Crippen LogP contribution < -0.4 is 5.32 Å². The van der Waals surface area contributed by atoms with Crippen molar-refractivity contribution in [3.8, 4) is 11.3 Å². The number of aromatic nitrogens is 2. The third kappa shape index (κ3) is 3.90. The van der Waals surface area contributed by atoms with Gasteiger partial charge >= 0.3 is 0 Å². The summed E-state index contributed by atoms with van der Waals surface area (Å²) in [5.74, 6) is 0.265. The van der Waals surface area contributed by atoms with Gasteiger partial charge in [-0.25, -0.2) is 13.2 Å². The van der Waals surface area contributed by atoms with Crippen LogP contribution in [0.3, 0.4) is 0 Å². The Hall–Kier alpha value is -2.89. The molecule has 0 saturated carbocycles. The zero-order valence-corrected chi connectivity index (χ0v) is 12.6. The van der Waals surface area contributed by atoms with E-state index in [1.165, 1.54) is 24.3 Å². The summed E-state index contributed by atoms with van der Waals surface area (Å²) in [4.78, 5) is 0. The largest absolute Gasteiger partial charge is 0.365 e. The van der Waals surface area contributed by atoms with E-state index in [2.05, 4.69) is 15.5 Å². The number of nitrogens with zero attached hydrogens (tertiary/aromatic N) is 2. The van der Waals surface area contributed by atoms with Crippen LogP contribution in [-0.2, 0) is 6.54 Å². The van der Waals surface area contributed by atoms with Crippen LogP contribution in [0.1, 0.15) is 17.6 Å². The molecule has 3 nitrogen and oxygen atoms in total. The highest BCUT2D eigenvalue weighted by molar-refractivity contribution is 5.59. The fourth-order valence-electron chi connectivity index (χ4n) is 2.17. The zero-order valence-electron chi connectivity index (χ0n) is 12.6. The zero-order chi connectivity index (χ0) is 16.9. The van der Waals surface area contributed by atoms with E-state index in [0.29, 0.717) is 18.1 Å². The van der Waals surface area contributed by atoms with Crippen LogP contribution in [0.2, 0.25) is 0 Å². The number of anilines is 1. The Morgan fingerprint density at radius 2 is 1.54 bits per heavy atom. The summed E-state index contributed by atoms with van der Waals surface area (Å²) in [6.45, 7) is 0.452. The van der Waals surface area contributed by atoms with Crippen molar-refractivity contribution in [2.75, 3.05) is 5.32 Å². The van der Waals surface area contributed by atoms with Gasteiger partial charge in [-0.3, -0.25) is 0 Å². The van der Waals surface area contributed by atoms with Crippen LogP contribution in [0.15, 0.2) is 60.7 Å². The van der Waals surface area contributed by atoms with Crippen LogP contribution in [0, 0.1) is 5.82 Å². The van der Waals surface area contributed by atoms with E-state index in [1.807, 2.05) is 0 Å². The number of nitrogens with one attached hydrogen (secondary N) is 1. The van der Waals surface area contributed by atoms with Gasteiger partial charge in [0, 0.05) is 17.7 Å². The highest BCUT2D eigenvalue weighted by atomic mass is 19.3. The molecule has 0 saturated heterocycles. The molecule has 3 aromatic rings. The van der Waals surface area contributed by atoms with E-state index >= 15 is 0 Å². The molecule has 0 fully saturated rings. The van der Waals surface area contributed by atoms with Crippen molar-refractivity contribution in [1.29, 1.82) is 0 Å². The van der Waals surface area contributed by atoms with E-state index in [-0.39, 0.29) is 11.4 Å². The molecule has 0 aliphatic heterocycles. The van der Waals surface area contributed by atoms with Crippen molar-refractivity contribution in [2.24, 2.45) is 0 Å². The molecule has 122 valence electrons. The van der Waals surface area contributed by atoms with Gasteiger partial charge in [0.05, 0.1) is 5.69 Å². The molecule has 1 N–H and O–H groups in total. The topological polar surface area (TPSA) is 37.8 Å². The molecule has 24 heavy (non-hydrogen) atoms. The molecular weight excluding hydrogens is 315 g/mol. The standard InChI is InChI=1S/C18H14F3N3/c19-15-7-5-13(6-8-15)16-9-10-17(24-23-16)22-11-12-1-3-14(4-2-12)18(20)21/h1-10,18H,11H2,(H,22,24). The minimum atomic E-state index is -2.46. The molecule has 0 aliphatic rings. The van der Waals surface area contributed by atoms with Crippen LogP contribution in [0.5, 0.6) is 0 Å². The van der Waals surface area contributed by atoms with Gasteiger partial charge in [0.2, 0.25) is 0 Å². The van der Waals surface area contributed by atoms with Gasteiger partial charge in [-0.15, -0.1) is 10.2 Å². The Morgan fingerprint density at radius 1 is 0.833 bits per heavy atom. The van der Waals surface area contributed by atoms with Crippen molar-refractivity contribution in [3.63, 3.8) is 0 Å². The summed E-state index contributed by atoms with van der Waals surface area (Å²) < 4.78 is 37.9. The first-order valence-electron chi connectivity index (χ1n) is 7.32. The average Bonchev–Trinajstić information content (AvgIpc) is 2.61. The molecular formula is C18H14F3N3. The first-order valence-corrected chi connectivity index (χ1v) is 7.32. The monoisotopic (exact) mass is 329 g/mol. The van der Waals surface area contributed by atoms with E-state index in [9.17, 15) is 13.2 Å². The number of alkyl halides is 2. The van der Waals surface area contributed by atoms with Crippen molar-refractivity contribution < 1.29 is 13.2 Å². The second-order valence-electron chi connectivity index (χ2n) is 5.21. The third-order valence-corrected chi connectivity index (χ3v) is 3.51. The maximum absolute atomic E-state index is 12.9. The Balaban J connectivity index is 1.63. The van der Waals surface area contributed by atoms with Gasteiger partial charge < -0.3 is 5.32 Å². The van der Waals surface area contributed by atoms with E-state index in [0.717, 1.165) is 11.1 Å². The van der Waals surface area contributed by atoms with E-state index in [1.54, 1.807) is 36.4 Å². The summed E-state index contributed by atoms with van der Waals surface area (Å²) in [6.07, 6.45) is -2.46. The Bertz CT molecular complexity index is 785. The molecule has 2 aromatic carbocycles. The Labute approximate surface area is 137 Å². The van der Waals surface area contributed by atoms with Crippen molar-refractivity contribution in [2.45, 2.75) is 13.0 Å². The maximum Gasteiger partial charge on any atom is 0.263 e. The number of halogens is 3. The highest BCUT2D eigenvalue weighted by Crippen LogP contribution is 2.20. The molecule has 6 heteroatoms. The summed E-state index contributed by atoms with van der Waals surface area (Å²) >= 11 is 0. The van der Waals surface area contributed by atoms with Crippen LogP contribution in [-0.4, -0.2) is 10.2 Å². The molecule has 3 rings (SSSR count). The lowest BCUT2D eigenvalue weighted by Crippen LogP contribution is -2.02. The fraction of sp³-hybridized carbons (Fsp3) is 0.111. The van der Waals surface area contributed by atoms with Gasteiger partial charge in [-0.2, -0.15) is 0 Å². The number of rotatable bonds is 5. The second kappa shape index (κ2) is 7.12. The smallest absolute Gasteiger partial charge is 0.263 e. The lowest BCUT2D eigenvalue weighted by Gasteiger charge is -2.07. The van der Waals surface area contributed by atoms with Crippen LogP contribution in [0.4, 0.5) is 19.0 Å². The Morgan fingerprint density at radius 3 is 2.12 bits per heavy atom.